The third kappa shape index (κ3) is 3.63. The zero-order chi connectivity index (χ0) is 30.7. The standard InChI is InChI=1S/C44H33NO2/c1-2-13-32-31(12-1)28(24-29-25-36-33-14-4-7-18-39(33)46-41(36)26-35(29)32)22-27-10-9-11-30(23-27)45-38-17-6-3-15-34(38)42-43(45)47-40-19-8-5-16-37(40)44(42)20-21-44/h1-19,23,25-26,28,42-43H,20-22,24H2. The highest BCUT2D eigenvalue weighted by Crippen LogP contribution is 2.67. The topological polar surface area (TPSA) is 25.6 Å². The Balaban J connectivity index is 0.981. The molecule has 3 heterocycles. The summed E-state index contributed by atoms with van der Waals surface area (Å²) in [5.41, 5.74) is 14.2. The molecule has 3 unspecified atom stereocenters. The molecule has 2 aliphatic heterocycles. The van der Waals surface area contributed by atoms with Crippen molar-refractivity contribution in [2.75, 3.05) is 4.90 Å². The monoisotopic (exact) mass is 607 g/mol. The molecule has 0 radical (unpaired) electrons. The highest BCUT2D eigenvalue weighted by Gasteiger charge is 2.62. The average Bonchev–Trinajstić information content (AvgIpc) is 3.70. The molecular weight excluding hydrogens is 574 g/mol. The minimum Gasteiger partial charge on any atom is -0.469 e. The van der Waals surface area contributed by atoms with Crippen LogP contribution in [-0.4, -0.2) is 6.23 Å². The van der Waals surface area contributed by atoms with Gasteiger partial charge < -0.3 is 14.1 Å². The van der Waals surface area contributed by atoms with E-state index in [4.69, 9.17) is 9.15 Å². The van der Waals surface area contributed by atoms with Crippen molar-refractivity contribution < 1.29 is 9.15 Å². The summed E-state index contributed by atoms with van der Waals surface area (Å²) in [7, 11) is 0. The summed E-state index contributed by atoms with van der Waals surface area (Å²) in [4.78, 5) is 2.49. The fourth-order valence-corrected chi connectivity index (χ4v) is 9.39. The predicted octanol–water partition coefficient (Wildman–Crippen LogP) is 10.8. The van der Waals surface area contributed by atoms with Gasteiger partial charge in [-0.3, -0.25) is 0 Å². The first kappa shape index (κ1) is 25.9. The molecule has 0 amide bonds. The summed E-state index contributed by atoms with van der Waals surface area (Å²) in [5, 5.41) is 2.40. The molecule has 47 heavy (non-hydrogen) atoms. The molecule has 3 atom stereocenters. The molecule has 0 N–H and O–H groups in total. The molecule has 4 aliphatic rings. The molecule has 1 spiro atoms. The van der Waals surface area contributed by atoms with Gasteiger partial charge in [0.05, 0.1) is 5.92 Å². The first-order valence-electron chi connectivity index (χ1n) is 17.0. The largest absolute Gasteiger partial charge is 0.469 e. The van der Waals surface area contributed by atoms with Gasteiger partial charge in [0, 0.05) is 33.1 Å². The fraction of sp³-hybridized carbons (Fsp3) is 0.182. The van der Waals surface area contributed by atoms with Gasteiger partial charge in [0.2, 0.25) is 0 Å². The van der Waals surface area contributed by atoms with Crippen LogP contribution in [0.2, 0.25) is 0 Å². The maximum atomic E-state index is 6.93. The van der Waals surface area contributed by atoms with Crippen LogP contribution in [0.25, 0.3) is 33.1 Å². The molecule has 226 valence electrons. The summed E-state index contributed by atoms with van der Waals surface area (Å²) in [6, 6.07) is 49.1. The van der Waals surface area contributed by atoms with E-state index in [0.29, 0.717) is 11.8 Å². The lowest BCUT2D eigenvalue weighted by Gasteiger charge is -2.40. The Morgan fingerprint density at radius 1 is 0.660 bits per heavy atom. The van der Waals surface area contributed by atoms with Crippen LogP contribution in [0, 0.1) is 0 Å². The van der Waals surface area contributed by atoms with Crippen molar-refractivity contribution in [1.82, 2.24) is 0 Å². The van der Waals surface area contributed by atoms with Crippen LogP contribution in [0.5, 0.6) is 5.75 Å². The van der Waals surface area contributed by atoms with Gasteiger partial charge in [-0.15, -0.1) is 0 Å². The van der Waals surface area contributed by atoms with Gasteiger partial charge in [0.1, 0.15) is 16.9 Å². The van der Waals surface area contributed by atoms with E-state index < -0.39 is 0 Å². The Bertz CT molecular complexity index is 2400. The van der Waals surface area contributed by atoms with Crippen LogP contribution < -0.4 is 9.64 Å². The van der Waals surface area contributed by atoms with Gasteiger partial charge in [-0.1, -0.05) is 91.0 Å². The summed E-state index contributed by atoms with van der Waals surface area (Å²) in [5.74, 6) is 1.77. The maximum absolute atomic E-state index is 6.93. The van der Waals surface area contributed by atoms with Crippen molar-refractivity contribution in [2.45, 2.75) is 49.2 Å². The highest BCUT2D eigenvalue weighted by molar-refractivity contribution is 6.06. The van der Waals surface area contributed by atoms with Gasteiger partial charge in [-0.2, -0.15) is 0 Å². The highest BCUT2D eigenvalue weighted by atomic mass is 16.5. The number of fused-ring (bicyclic) bond motifs is 12. The lowest BCUT2D eigenvalue weighted by atomic mass is 9.76. The lowest BCUT2D eigenvalue weighted by molar-refractivity contribution is 0.141. The molecule has 0 bridgehead atoms. The van der Waals surface area contributed by atoms with E-state index in [2.05, 4.69) is 132 Å². The lowest BCUT2D eigenvalue weighted by Crippen LogP contribution is -2.43. The minimum atomic E-state index is -0.0467. The Morgan fingerprint density at radius 2 is 1.47 bits per heavy atom. The molecule has 1 aromatic heterocycles. The fourth-order valence-electron chi connectivity index (χ4n) is 9.39. The third-order valence-corrected chi connectivity index (χ3v) is 11.6. The van der Waals surface area contributed by atoms with Gasteiger partial charge in [0.25, 0.3) is 0 Å². The van der Waals surface area contributed by atoms with Crippen molar-refractivity contribution >= 4 is 33.3 Å². The van der Waals surface area contributed by atoms with Gasteiger partial charge in [0.15, 0.2) is 6.23 Å². The second-order valence-corrected chi connectivity index (χ2v) is 14.0. The Morgan fingerprint density at radius 3 is 2.40 bits per heavy atom. The number of ether oxygens (including phenoxy) is 1. The zero-order valence-corrected chi connectivity index (χ0v) is 26.0. The van der Waals surface area contributed by atoms with Crippen LogP contribution in [-0.2, 0) is 18.3 Å². The van der Waals surface area contributed by atoms with Crippen molar-refractivity contribution in [1.29, 1.82) is 0 Å². The second-order valence-electron chi connectivity index (χ2n) is 14.0. The second kappa shape index (κ2) is 9.39. The predicted molar refractivity (Wildman–Crippen MR) is 189 cm³/mol. The van der Waals surface area contributed by atoms with E-state index in [1.165, 1.54) is 73.9 Å². The molecule has 3 nitrogen and oxygen atoms in total. The molecule has 2 aliphatic carbocycles. The SMILES string of the molecule is c1cc(CC2Cc3cc4c(cc3-c3ccccc32)oc2ccccc24)cc(N2c3ccccc3C3C2Oc2ccccc2C32CC2)c1. The summed E-state index contributed by atoms with van der Waals surface area (Å²) >= 11 is 0. The summed E-state index contributed by atoms with van der Waals surface area (Å²) in [6.45, 7) is 0. The minimum absolute atomic E-state index is 0.0467. The third-order valence-electron chi connectivity index (χ3n) is 11.6. The van der Waals surface area contributed by atoms with E-state index >= 15 is 0 Å². The molecule has 7 aromatic rings. The van der Waals surface area contributed by atoms with E-state index in [1.54, 1.807) is 0 Å². The molecule has 1 fully saturated rings. The quantitative estimate of drug-likeness (QED) is 0.200. The van der Waals surface area contributed by atoms with E-state index in [1.807, 2.05) is 6.07 Å². The number of anilines is 2. The first-order chi connectivity index (χ1) is 23.2. The zero-order valence-electron chi connectivity index (χ0n) is 26.0. The number of hydrogen-bond donors (Lipinski definition) is 0. The van der Waals surface area contributed by atoms with Gasteiger partial charge >= 0.3 is 0 Å². The van der Waals surface area contributed by atoms with E-state index in [-0.39, 0.29) is 11.6 Å². The number of hydrogen-bond acceptors (Lipinski definition) is 3. The Labute approximate surface area is 274 Å². The molecule has 6 aromatic carbocycles. The van der Waals surface area contributed by atoms with Crippen LogP contribution in [0.3, 0.4) is 0 Å². The summed E-state index contributed by atoms with van der Waals surface area (Å²) < 4.78 is 13.2. The van der Waals surface area contributed by atoms with Crippen LogP contribution in [0.1, 0.15) is 52.5 Å². The molecular formula is C44H33NO2. The number of benzene rings is 6. The molecule has 1 saturated carbocycles. The van der Waals surface area contributed by atoms with Crippen LogP contribution in [0.15, 0.2) is 138 Å². The van der Waals surface area contributed by atoms with E-state index in [0.717, 1.165) is 29.8 Å². The van der Waals surface area contributed by atoms with Crippen molar-refractivity contribution in [2.24, 2.45) is 0 Å². The van der Waals surface area contributed by atoms with Crippen molar-refractivity contribution in [3.63, 3.8) is 0 Å². The molecule has 11 rings (SSSR count). The Kier molecular flexibility index (Phi) is 5.17. The smallest absolute Gasteiger partial charge is 0.184 e. The molecule has 0 saturated heterocycles. The number of rotatable bonds is 3. The van der Waals surface area contributed by atoms with Crippen LogP contribution in [0.4, 0.5) is 11.4 Å². The van der Waals surface area contributed by atoms with Crippen LogP contribution >= 0.6 is 0 Å². The van der Waals surface area contributed by atoms with E-state index in [9.17, 15) is 0 Å². The Hall–Kier alpha value is -5.28. The summed E-state index contributed by atoms with van der Waals surface area (Å²) in [6.07, 6.45) is 4.38. The number of para-hydroxylation sites is 3. The normalized spacial score (nSPS) is 21.1. The van der Waals surface area contributed by atoms with Gasteiger partial charge in [-0.25, -0.2) is 0 Å². The average molecular weight is 608 g/mol. The number of nitrogens with zero attached hydrogens (tertiary/aromatic N) is 1. The molecule has 3 heteroatoms. The first-order valence-corrected chi connectivity index (χ1v) is 17.0. The van der Waals surface area contributed by atoms with Crippen molar-refractivity contribution in [3.8, 4) is 16.9 Å². The number of furan rings is 1. The van der Waals surface area contributed by atoms with Crippen molar-refractivity contribution in [3.05, 3.63) is 161 Å². The maximum Gasteiger partial charge on any atom is 0.184 e. The van der Waals surface area contributed by atoms with Gasteiger partial charge in [-0.05, 0) is 107 Å².